The lowest BCUT2D eigenvalue weighted by atomic mass is 9.80. The van der Waals surface area contributed by atoms with Gasteiger partial charge in [0, 0.05) is 19.5 Å². The van der Waals surface area contributed by atoms with E-state index in [1.54, 1.807) is 35.7 Å². The quantitative estimate of drug-likeness (QED) is 0.113. The number of carboxylic acids is 2. The van der Waals surface area contributed by atoms with Crippen molar-refractivity contribution in [3.63, 3.8) is 0 Å². The molecule has 1 atom stereocenters. The van der Waals surface area contributed by atoms with Crippen LogP contribution in [0.3, 0.4) is 0 Å². The van der Waals surface area contributed by atoms with Crippen LogP contribution in [0, 0.1) is 0 Å². The Morgan fingerprint density at radius 2 is 1.80 bits per heavy atom. The first-order chi connectivity index (χ1) is 19.6. The molecule has 0 spiro atoms. The van der Waals surface area contributed by atoms with Crippen LogP contribution in [-0.2, 0) is 22.6 Å². The van der Waals surface area contributed by atoms with E-state index in [-0.39, 0.29) is 48.6 Å². The Kier molecular flexibility index (Phi) is 9.35. The van der Waals surface area contributed by atoms with Crippen LogP contribution >= 0.6 is 11.3 Å². The summed E-state index contributed by atoms with van der Waals surface area (Å²) in [6.07, 6.45) is 2.37. The van der Waals surface area contributed by atoms with Crippen molar-refractivity contribution in [2.75, 3.05) is 6.54 Å². The zero-order valence-electron chi connectivity index (χ0n) is 22.1. The van der Waals surface area contributed by atoms with E-state index in [1.165, 1.54) is 11.0 Å². The highest BCUT2D eigenvalue weighted by Crippen LogP contribution is 2.36. The normalized spacial score (nSPS) is 14.0. The molecule has 12 heteroatoms. The number of hydrogen-bond acceptors (Lipinski definition) is 7. The number of benzene rings is 2. The lowest BCUT2D eigenvalue weighted by Gasteiger charge is -2.29. The Morgan fingerprint density at radius 3 is 2.46 bits per heavy atom. The standard InChI is InChI=1S/C29H30N4O7S/c30-29(31)32-21-6-4-18(5-7-21)28(39)40-22-8-9-23-19(13-22)2-1-3-20(23)14-25(34)33(11-10-26(35)36)15-17-12-24(27(37)38)41-16-17/h4-9,12-13,16,20H,1-3,10-11,14-15H2,(H,35,36)(H,37,38)(H4,30,31,32). The van der Waals surface area contributed by atoms with Gasteiger partial charge in [-0.2, -0.15) is 0 Å². The fourth-order valence-corrected chi connectivity index (χ4v) is 5.55. The lowest BCUT2D eigenvalue weighted by molar-refractivity contribution is -0.138. The molecule has 0 radical (unpaired) electrons. The van der Waals surface area contributed by atoms with Gasteiger partial charge in [0.2, 0.25) is 5.91 Å². The predicted molar refractivity (Wildman–Crippen MR) is 153 cm³/mol. The number of aryl methyl sites for hydroxylation is 1. The van der Waals surface area contributed by atoms with Gasteiger partial charge >= 0.3 is 17.9 Å². The topological polar surface area (TPSA) is 186 Å². The third kappa shape index (κ3) is 7.92. The van der Waals surface area contributed by atoms with Crippen molar-refractivity contribution in [3.05, 3.63) is 81.0 Å². The molecule has 4 rings (SSSR count). The van der Waals surface area contributed by atoms with E-state index < -0.39 is 17.9 Å². The number of esters is 1. The van der Waals surface area contributed by atoms with Crippen LogP contribution in [-0.4, -0.2) is 51.4 Å². The number of hydrogen-bond donors (Lipinski definition) is 4. The number of fused-ring (bicyclic) bond motifs is 1. The minimum atomic E-state index is -1.05. The lowest BCUT2D eigenvalue weighted by Crippen LogP contribution is -2.33. The largest absolute Gasteiger partial charge is 0.481 e. The summed E-state index contributed by atoms with van der Waals surface area (Å²) in [6, 6.07) is 13.2. The number of rotatable bonds is 11. The number of ether oxygens (including phenoxy) is 1. The number of carboxylic acid groups (broad SMARTS) is 2. The molecule has 214 valence electrons. The van der Waals surface area contributed by atoms with E-state index >= 15 is 0 Å². The van der Waals surface area contributed by atoms with Crippen LogP contribution in [0.2, 0.25) is 0 Å². The average Bonchev–Trinajstić information content (AvgIpc) is 3.40. The molecule has 0 fully saturated rings. The van der Waals surface area contributed by atoms with E-state index in [1.807, 2.05) is 12.1 Å². The molecule has 3 aromatic rings. The Balaban J connectivity index is 1.44. The zero-order chi connectivity index (χ0) is 29.5. The Bertz CT molecular complexity index is 1480. The van der Waals surface area contributed by atoms with Crippen molar-refractivity contribution in [3.8, 4) is 5.75 Å². The molecular weight excluding hydrogens is 548 g/mol. The van der Waals surface area contributed by atoms with Gasteiger partial charge in [-0.3, -0.25) is 9.59 Å². The van der Waals surface area contributed by atoms with Crippen LogP contribution in [0.4, 0.5) is 5.69 Å². The molecule has 0 saturated carbocycles. The maximum absolute atomic E-state index is 13.4. The summed E-state index contributed by atoms with van der Waals surface area (Å²) in [5, 5.41) is 20.0. The summed E-state index contributed by atoms with van der Waals surface area (Å²) >= 11 is 1.06. The van der Waals surface area contributed by atoms with Crippen LogP contribution < -0.4 is 16.2 Å². The van der Waals surface area contributed by atoms with Crippen LogP contribution in [0.5, 0.6) is 5.75 Å². The number of aliphatic imine (C=N–C) groups is 1. The Morgan fingerprint density at radius 1 is 1.05 bits per heavy atom. The highest BCUT2D eigenvalue weighted by molar-refractivity contribution is 7.12. The average molecular weight is 579 g/mol. The first-order valence-electron chi connectivity index (χ1n) is 12.9. The highest BCUT2D eigenvalue weighted by Gasteiger charge is 2.26. The predicted octanol–water partition coefficient (Wildman–Crippen LogP) is 3.88. The van der Waals surface area contributed by atoms with Gasteiger partial charge in [-0.1, -0.05) is 6.07 Å². The maximum atomic E-state index is 13.4. The highest BCUT2D eigenvalue weighted by atomic mass is 32.1. The number of nitrogens with two attached hydrogens (primary N) is 2. The third-order valence-corrected chi connectivity index (χ3v) is 7.70. The molecule has 1 amide bonds. The van der Waals surface area contributed by atoms with E-state index in [0.29, 0.717) is 22.6 Å². The molecule has 1 unspecified atom stereocenters. The number of nitrogens with zero attached hydrogens (tertiary/aromatic N) is 2. The second-order valence-electron chi connectivity index (χ2n) is 9.71. The molecular formula is C29H30N4O7S. The molecule has 41 heavy (non-hydrogen) atoms. The number of carbonyl (C=O) groups is 4. The van der Waals surface area contributed by atoms with Gasteiger partial charge in [-0.25, -0.2) is 14.6 Å². The van der Waals surface area contributed by atoms with Gasteiger partial charge in [-0.15, -0.1) is 11.3 Å². The van der Waals surface area contributed by atoms with Gasteiger partial charge in [0.1, 0.15) is 10.6 Å². The molecule has 1 aliphatic carbocycles. The van der Waals surface area contributed by atoms with E-state index in [0.717, 1.165) is 41.7 Å². The van der Waals surface area contributed by atoms with Crippen LogP contribution in [0.15, 0.2) is 58.9 Å². The summed E-state index contributed by atoms with van der Waals surface area (Å²) in [6.45, 7) is 0.158. The number of carbonyl (C=O) groups excluding carboxylic acids is 2. The van der Waals surface area contributed by atoms with Crippen molar-refractivity contribution < 1.29 is 34.1 Å². The first-order valence-corrected chi connectivity index (χ1v) is 13.8. The maximum Gasteiger partial charge on any atom is 0.345 e. The Labute approximate surface area is 240 Å². The second-order valence-corrected chi connectivity index (χ2v) is 10.6. The van der Waals surface area contributed by atoms with Crippen molar-refractivity contribution in [1.82, 2.24) is 4.90 Å². The molecule has 1 aliphatic rings. The molecule has 0 aliphatic heterocycles. The van der Waals surface area contributed by atoms with Crippen molar-refractivity contribution in [1.29, 1.82) is 0 Å². The monoisotopic (exact) mass is 578 g/mol. The van der Waals surface area contributed by atoms with E-state index in [2.05, 4.69) is 4.99 Å². The Hall–Kier alpha value is -4.71. The molecule has 1 aromatic heterocycles. The minimum Gasteiger partial charge on any atom is -0.481 e. The fourth-order valence-electron chi connectivity index (χ4n) is 4.81. The van der Waals surface area contributed by atoms with E-state index in [4.69, 9.17) is 16.2 Å². The zero-order valence-corrected chi connectivity index (χ0v) is 22.9. The summed E-state index contributed by atoms with van der Waals surface area (Å²) in [4.78, 5) is 54.0. The summed E-state index contributed by atoms with van der Waals surface area (Å²) in [5.41, 5.74) is 14.2. The summed E-state index contributed by atoms with van der Waals surface area (Å²) < 4.78 is 5.59. The molecule has 11 nitrogen and oxygen atoms in total. The molecule has 1 heterocycles. The SMILES string of the molecule is NC(N)=Nc1ccc(C(=O)Oc2ccc3c(c2)CCCC3CC(=O)N(CCC(=O)O)Cc2csc(C(=O)O)c2)cc1. The van der Waals surface area contributed by atoms with Gasteiger partial charge in [0.05, 0.1) is 17.7 Å². The van der Waals surface area contributed by atoms with Crippen molar-refractivity contribution in [2.24, 2.45) is 16.5 Å². The molecule has 0 saturated heterocycles. The third-order valence-electron chi connectivity index (χ3n) is 6.73. The molecule has 2 aromatic carbocycles. The minimum absolute atomic E-state index is 0.0216. The second kappa shape index (κ2) is 13.1. The van der Waals surface area contributed by atoms with Gasteiger partial charge in [0.15, 0.2) is 5.96 Å². The summed E-state index contributed by atoms with van der Waals surface area (Å²) in [5.74, 6) is -2.57. The van der Waals surface area contributed by atoms with Gasteiger partial charge in [0.25, 0.3) is 0 Å². The van der Waals surface area contributed by atoms with E-state index in [9.17, 15) is 29.4 Å². The number of amides is 1. The van der Waals surface area contributed by atoms with Crippen molar-refractivity contribution in [2.45, 2.75) is 44.6 Å². The fraction of sp³-hybridized carbons (Fsp3) is 0.276. The van der Waals surface area contributed by atoms with Gasteiger partial charge < -0.3 is 31.3 Å². The number of aromatic carboxylic acids is 1. The van der Waals surface area contributed by atoms with Crippen LogP contribution in [0.25, 0.3) is 0 Å². The van der Waals surface area contributed by atoms with Gasteiger partial charge in [-0.05, 0) is 89.7 Å². The number of thiophene rings is 1. The van der Waals surface area contributed by atoms with Crippen LogP contribution in [0.1, 0.15) is 68.3 Å². The van der Waals surface area contributed by atoms with Crippen molar-refractivity contribution >= 4 is 46.8 Å². The number of guanidine groups is 1. The first kappa shape index (κ1) is 29.3. The molecule has 6 N–H and O–H groups in total. The smallest absolute Gasteiger partial charge is 0.345 e. The number of aliphatic carboxylic acids is 1. The summed E-state index contributed by atoms with van der Waals surface area (Å²) in [7, 11) is 0. The molecule has 0 bridgehead atoms.